The van der Waals surface area contributed by atoms with Crippen molar-refractivity contribution in [2.24, 2.45) is 0 Å². The topological polar surface area (TPSA) is 78.9 Å². The molecular formula is C63H106O6. The Balaban J connectivity index is 4.40. The van der Waals surface area contributed by atoms with E-state index in [1.807, 2.05) is 0 Å². The Kier molecular flexibility index (Phi) is 53.9. The third-order valence-electron chi connectivity index (χ3n) is 12.1. The van der Waals surface area contributed by atoms with Gasteiger partial charge in [0.15, 0.2) is 6.10 Å². The zero-order chi connectivity index (χ0) is 50.0. The van der Waals surface area contributed by atoms with Gasteiger partial charge in [0.2, 0.25) is 0 Å². The van der Waals surface area contributed by atoms with Crippen LogP contribution in [0.5, 0.6) is 0 Å². The molecule has 0 N–H and O–H groups in total. The highest BCUT2D eigenvalue weighted by molar-refractivity contribution is 5.71. The van der Waals surface area contributed by atoms with Crippen LogP contribution < -0.4 is 0 Å². The number of carbonyl (C=O) groups excluding carboxylic acids is 3. The van der Waals surface area contributed by atoms with E-state index in [-0.39, 0.29) is 31.1 Å². The lowest BCUT2D eigenvalue weighted by Gasteiger charge is -2.18. The Labute approximate surface area is 426 Å². The molecule has 0 rings (SSSR count). The smallest absolute Gasteiger partial charge is 0.306 e. The third kappa shape index (κ3) is 55.1. The Bertz CT molecular complexity index is 1380. The van der Waals surface area contributed by atoms with Crippen molar-refractivity contribution >= 4 is 17.9 Å². The zero-order valence-electron chi connectivity index (χ0n) is 45.0. The summed E-state index contributed by atoms with van der Waals surface area (Å²) >= 11 is 0. The van der Waals surface area contributed by atoms with Crippen LogP contribution in [0.15, 0.2) is 97.2 Å². The quantitative estimate of drug-likeness (QED) is 0.0262. The van der Waals surface area contributed by atoms with E-state index in [1.54, 1.807) is 0 Å². The third-order valence-corrected chi connectivity index (χ3v) is 12.1. The van der Waals surface area contributed by atoms with Gasteiger partial charge in [0.05, 0.1) is 0 Å². The lowest BCUT2D eigenvalue weighted by molar-refractivity contribution is -0.167. The van der Waals surface area contributed by atoms with Crippen LogP contribution in [0.25, 0.3) is 0 Å². The highest BCUT2D eigenvalue weighted by atomic mass is 16.6. The normalized spacial score (nSPS) is 12.8. The van der Waals surface area contributed by atoms with Crippen LogP contribution in [-0.4, -0.2) is 37.2 Å². The molecule has 0 spiro atoms. The van der Waals surface area contributed by atoms with Crippen LogP contribution in [-0.2, 0) is 28.6 Å². The maximum Gasteiger partial charge on any atom is 0.306 e. The number of allylic oxidation sites excluding steroid dienone is 16. The summed E-state index contributed by atoms with van der Waals surface area (Å²) in [5, 5.41) is 0. The first-order chi connectivity index (χ1) is 34.0. The molecule has 0 aliphatic carbocycles. The Morgan fingerprint density at radius 3 is 0.913 bits per heavy atom. The second kappa shape index (κ2) is 56.9. The Hall–Kier alpha value is -3.67. The zero-order valence-corrected chi connectivity index (χ0v) is 45.0. The van der Waals surface area contributed by atoms with Crippen molar-refractivity contribution in [3.05, 3.63) is 97.2 Å². The van der Waals surface area contributed by atoms with Crippen LogP contribution in [0.4, 0.5) is 0 Å². The molecule has 0 aliphatic rings. The highest BCUT2D eigenvalue weighted by Gasteiger charge is 2.19. The minimum absolute atomic E-state index is 0.0900. The van der Waals surface area contributed by atoms with Gasteiger partial charge in [-0.15, -0.1) is 0 Å². The number of hydrogen-bond acceptors (Lipinski definition) is 6. The van der Waals surface area contributed by atoms with E-state index in [0.29, 0.717) is 19.3 Å². The molecule has 0 saturated carbocycles. The molecule has 394 valence electrons. The largest absolute Gasteiger partial charge is 0.462 e. The van der Waals surface area contributed by atoms with Crippen molar-refractivity contribution in [1.82, 2.24) is 0 Å². The summed E-state index contributed by atoms with van der Waals surface area (Å²) in [6, 6.07) is 0. The van der Waals surface area contributed by atoms with Gasteiger partial charge in [0.25, 0.3) is 0 Å². The molecule has 0 aromatic rings. The van der Waals surface area contributed by atoms with Crippen LogP contribution in [0.1, 0.15) is 265 Å². The highest BCUT2D eigenvalue weighted by Crippen LogP contribution is 2.15. The Morgan fingerprint density at radius 2 is 0.565 bits per heavy atom. The van der Waals surface area contributed by atoms with Crippen molar-refractivity contribution in [3.63, 3.8) is 0 Å². The van der Waals surface area contributed by atoms with Crippen LogP contribution >= 0.6 is 0 Å². The standard InChI is InChI=1S/C63H106O6/c1-4-7-10-13-16-19-22-25-27-28-29-30-31-32-33-34-35-36-37-39-41-44-47-50-53-56-62(65)68-59-60(58-67-61(64)55-52-49-46-43-40-24-21-18-15-12-9-6-3)69-63(66)57-54-51-48-45-42-38-26-23-20-17-14-11-8-5-2/h7,10,16,19,23,25-27,29-30,32-33,35-36,39,41,60H,4-6,8-9,11-15,17-18,20-22,24,28,31,34,37-38,40,42-59H2,1-3H3/b10-7-,19-16-,26-23-,27-25-,30-29-,33-32-,36-35-,41-39-. The van der Waals surface area contributed by atoms with Crippen molar-refractivity contribution in [1.29, 1.82) is 0 Å². The number of hydrogen-bond donors (Lipinski definition) is 0. The lowest BCUT2D eigenvalue weighted by atomic mass is 10.0. The number of carbonyl (C=O) groups is 3. The first-order valence-corrected chi connectivity index (χ1v) is 28.7. The molecule has 0 aromatic carbocycles. The number of unbranched alkanes of at least 4 members (excludes halogenated alkanes) is 24. The average Bonchev–Trinajstić information content (AvgIpc) is 3.35. The van der Waals surface area contributed by atoms with Gasteiger partial charge in [-0.05, 0) is 103 Å². The number of rotatable bonds is 51. The molecule has 0 aliphatic heterocycles. The second-order valence-corrected chi connectivity index (χ2v) is 18.8. The predicted octanol–water partition coefficient (Wildman–Crippen LogP) is 19.3. The maximum absolute atomic E-state index is 12.8. The molecule has 0 radical (unpaired) electrons. The van der Waals surface area contributed by atoms with Gasteiger partial charge in [-0.25, -0.2) is 0 Å². The summed E-state index contributed by atoms with van der Waals surface area (Å²) in [7, 11) is 0. The van der Waals surface area contributed by atoms with Crippen LogP contribution in [0.2, 0.25) is 0 Å². The summed E-state index contributed by atoms with van der Waals surface area (Å²) in [5.41, 5.74) is 0. The van der Waals surface area contributed by atoms with E-state index < -0.39 is 6.10 Å². The van der Waals surface area contributed by atoms with Crippen molar-refractivity contribution in [2.75, 3.05) is 13.2 Å². The van der Waals surface area contributed by atoms with Gasteiger partial charge in [-0.2, -0.15) is 0 Å². The molecule has 69 heavy (non-hydrogen) atoms. The van der Waals surface area contributed by atoms with Gasteiger partial charge in [0.1, 0.15) is 13.2 Å². The monoisotopic (exact) mass is 959 g/mol. The van der Waals surface area contributed by atoms with Crippen molar-refractivity contribution < 1.29 is 28.6 Å². The molecule has 0 bridgehead atoms. The summed E-state index contributed by atoms with van der Waals surface area (Å²) in [6.07, 6.45) is 75.4. The molecule has 1 atom stereocenters. The molecule has 0 heterocycles. The summed E-state index contributed by atoms with van der Waals surface area (Å²) in [4.78, 5) is 38.1. The first-order valence-electron chi connectivity index (χ1n) is 28.7. The molecule has 1 unspecified atom stereocenters. The molecular weight excluding hydrogens is 853 g/mol. The second-order valence-electron chi connectivity index (χ2n) is 18.8. The van der Waals surface area contributed by atoms with E-state index in [0.717, 1.165) is 122 Å². The predicted molar refractivity (Wildman–Crippen MR) is 297 cm³/mol. The molecule has 6 heteroatoms. The van der Waals surface area contributed by atoms with Crippen LogP contribution in [0.3, 0.4) is 0 Å². The summed E-state index contributed by atoms with van der Waals surface area (Å²) in [6.45, 7) is 6.48. The molecule has 0 fully saturated rings. The van der Waals surface area contributed by atoms with Gasteiger partial charge in [0, 0.05) is 19.3 Å². The minimum atomic E-state index is -0.794. The van der Waals surface area contributed by atoms with E-state index in [1.165, 1.54) is 103 Å². The summed E-state index contributed by atoms with van der Waals surface area (Å²) < 4.78 is 16.8. The van der Waals surface area contributed by atoms with Crippen LogP contribution in [0, 0.1) is 0 Å². The van der Waals surface area contributed by atoms with E-state index in [9.17, 15) is 14.4 Å². The molecule has 0 amide bonds. The average molecular weight is 960 g/mol. The van der Waals surface area contributed by atoms with Gasteiger partial charge in [-0.1, -0.05) is 240 Å². The Morgan fingerprint density at radius 1 is 0.304 bits per heavy atom. The number of esters is 3. The van der Waals surface area contributed by atoms with E-state index in [2.05, 4.69) is 118 Å². The van der Waals surface area contributed by atoms with Gasteiger partial charge < -0.3 is 14.2 Å². The fourth-order valence-electron chi connectivity index (χ4n) is 7.77. The van der Waals surface area contributed by atoms with Crippen molar-refractivity contribution in [2.45, 2.75) is 271 Å². The lowest BCUT2D eigenvalue weighted by Crippen LogP contribution is -2.30. The fourth-order valence-corrected chi connectivity index (χ4v) is 7.77. The van der Waals surface area contributed by atoms with Gasteiger partial charge >= 0.3 is 17.9 Å². The van der Waals surface area contributed by atoms with E-state index in [4.69, 9.17) is 14.2 Å². The number of ether oxygens (including phenoxy) is 3. The molecule has 6 nitrogen and oxygen atoms in total. The molecule has 0 aromatic heterocycles. The SMILES string of the molecule is CC/C=C\C/C=C\C/C=C\C/C=C\C/C=C\C/C=C\C/C=C\CCCCCC(=O)OCC(COC(=O)CCCCCCCCCCCCCC)OC(=O)CCCCCCC/C=C\CCCCCCC. The summed E-state index contributed by atoms with van der Waals surface area (Å²) in [5.74, 6) is -0.930. The maximum atomic E-state index is 12.8. The first kappa shape index (κ1) is 65.3. The molecule has 0 saturated heterocycles. The van der Waals surface area contributed by atoms with Gasteiger partial charge in [-0.3, -0.25) is 14.4 Å². The van der Waals surface area contributed by atoms with E-state index >= 15 is 0 Å². The minimum Gasteiger partial charge on any atom is -0.462 e. The van der Waals surface area contributed by atoms with Crippen molar-refractivity contribution in [3.8, 4) is 0 Å². The fraction of sp³-hybridized carbons (Fsp3) is 0.698.